The van der Waals surface area contributed by atoms with Crippen LogP contribution in [-0.2, 0) is 14.3 Å². The highest BCUT2D eigenvalue weighted by Crippen LogP contribution is 2.18. The average Bonchev–Trinajstić information content (AvgIpc) is 2.76. The van der Waals surface area contributed by atoms with Gasteiger partial charge in [0.25, 0.3) is 10.1 Å². The van der Waals surface area contributed by atoms with Gasteiger partial charge in [-0.3, -0.25) is 0 Å². The first-order chi connectivity index (χ1) is 8.88. The second-order valence-electron chi connectivity index (χ2n) is 4.67. The summed E-state index contributed by atoms with van der Waals surface area (Å²) in [5.74, 6) is 0. The fraction of sp³-hybridized carbons (Fsp3) is 0.385. The van der Waals surface area contributed by atoms with Crippen molar-refractivity contribution in [3.8, 4) is 0 Å². The van der Waals surface area contributed by atoms with Crippen LogP contribution in [0.4, 0.5) is 0 Å². The van der Waals surface area contributed by atoms with E-state index in [-0.39, 0.29) is 4.90 Å². The lowest BCUT2D eigenvalue weighted by Crippen LogP contribution is -2.34. The number of nitrogens with zero attached hydrogens (tertiary/aromatic N) is 2. The summed E-state index contributed by atoms with van der Waals surface area (Å²) in [7, 11) is -1.81. The first-order valence-corrected chi connectivity index (χ1v) is 7.43. The smallest absolute Gasteiger partial charge is 0.298 e. The number of hydrogen-bond donors (Lipinski definition) is 0. The molecule has 104 valence electrons. The standard InChI is InChI=1S/C13H18N2O3S/c1-11-4-6-13(7-5-11)19(16,17)18-12(2)15-9-8-14(3)10-15/h4-9,12H,10H2,1-3H3. The highest BCUT2D eigenvalue weighted by Gasteiger charge is 2.23. The van der Waals surface area contributed by atoms with Gasteiger partial charge in [-0.15, -0.1) is 0 Å². The summed E-state index contributed by atoms with van der Waals surface area (Å²) in [4.78, 5) is 3.94. The molecule has 1 aromatic rings. The largest absolute Gasteiger partial charge is 0.362 e. The molecule has 6 heteroatoms. The van der Waals surface area contributed by atoms with E-state index in [0.29, 0.717) is 6.67 Å². The molecule has 1 aromatic carbocycles. The van der Waals surface area contributed by atoms with Crippen LogP contribution in [0.2, 0.25) is 0 Å². The number of benzene rings is 1. The lowest BCUT2D eigenvalue weighted by Gasteiger charge is -2.24. The van der Waals surface area contributed by atoms with Gasteiger partial charge >= 0.3 is 0 Å². The van der Waals surface area contributed by atoms with Crippen molar-refractivity contribution in [3.05, 3.63) is 42.2 Å². The molecule has 1 aliphatic heterocycles. The van der Waals surface area contributed by atoms with Crippen LogP contribution in [0.5, 0.6) is 0 Å². The van der Waals surface area contributed by atoms with Gasteiger partial charge in [-0.25, -0.2) is 4.18 Å². The summed E-state index contributed by atoms with van der Waals surface area (Å²) < 4.78 is 29.4. The van der Waals surface area contributed by atoms with Crippen LogP contribution < -0.4 is 0 Å². The summed E-state index contributed by atoms with van der Waals surface area (Å²) in [6.07, 6.45) is 3.15. The highest BCUT2D eigenvalue weighted by atomic mass is 32.2. The van der Waals surface area contributed by atoms with Crippen molar-refractivity contribution in [2.24, 2.45) is 0 Å². The maximum atomic E-state index is 12.1. The van der Waals surface area contributed by atoms with Crippen molar-refractivity contribution in [2.45, 2.75) is 25.0 Å². The topological polar surface area (TPSA) is 49.9 Å². The Bertz CT molecular complexity index is 566. The molecule has 1 atom stereocenters. The van der Waals surface area contributed by atoms with E-state index in [4.69, 9.17) is 4.18 Å². The fourth-order valence-corrected chi connectivity index (χ4v) is 2.84. The molecule has 0 fully saturated rings. The number of rotatable bonds is 4. The first kappa shape index (κ1) is 13.9. The van der Waals surface area contributed by atoms with Crippen LogP contribution in [0.15, 0.2) is 41.6 Å². The Morgan fingerprint density at radius 2 is 1.84 bits per heavy atom. The molecule has 0 N–H and O–H groups in total. The van der Waals surface area contributed by atoms with Gasteiger partial charge in [0, 0.05) is 19.4 Å². The van der Waals surface area contributed by atoms with Crippen molar-refractivity contribution in [2.75, 3.05) is 13.7 Å². The highest BCUT2D eigenvalue weighted by molar-refractivity contribution is 7.86. The summed E-state index contributed by atoms with van der Waals surface area (Å²) in [6, 6.07) is 6.63. The molecule has 19 heavy (non-hydrogen) atoms. The molecule has 1 unspecified atom stereocenters. The zero-order chi connectivity index (χ0) is 14.0. The van der Waals surface area contributed by atoms with E-state index in [1.165, 1.54) is 0 Å². The molecule has 2 rings (SSSR count). The third-order valence-electron chi connectivity index (χ3n) is 2.94. The van der Waals surface area contributed by atoms with Gasteiger partial charge in [0.1, 0.15) is 6.23 Å². The predicted molar refractivity (Wildman–Crippen MR) is 72.5 cm³/mol. The lowest BCUT2D eigenvalue weighted by molar-refractivity contribution is 0.0720. The van der Waals surface area contributed by atoms with Gasteiger partial charge in [-0.2, -0.15) is 8.42 Å². The zero-order valence-corrected chi connectivity index (χ0v) is 12.1. The molecule has 1 heterocycles. The van der Waals surface area contributed by atoms with Crippen LogP contribution in [0.25, 0.3) is 0 Å². The molecule has 0 amide bonds. The normalized spacial score (nSPS) is 17.0. The summed E-state index contributed by atoms with van der Waals surface area (Å²) in [6.45, 7) is 4.24. The summed E-state index contributed by atoms with van der Waals surface area (Å²) in [5.41, 5.74) is 1.01. The van der Waals surface area contributed by atoms with E-state index < -0.39 is 16.3 Å². The third kappa shape index (κ3) is 3.27. The number of aryl methyl sites for hydroxylation is 1. The van der Waals surface area contributed by atoms with Gasteiger partial charge < -0.3 is 9.80 Å². The molecule has 5 nitrogen and oxygen atoms in total. The van der Waals surface area contributed by atoms with Crippen molar-refractivity contribution < 1.29 is 12.6 Å². The minimum atomic E-state index is -3.73. The third-order valence-corrected chi connectivity index (χ3v) is 4.32. The molecule has 1 aliphatic rings. The van der Waals surface area contributed by atoms with Crippen molar-refractivity contribution in [1.29, 1.82) is 0 Å². The lowest BCUT2D eigenvalue weighted by atomic mass is 10.2. The molecule has 0 radical (unpaired) electrons. The average molecular weight is 282 g/mol. The summed E-state index contributed by atoms with van der Waals surface area (Å²) in [5, 5.41) is 0. The van der Waals surface area contributed by atoms with Crippen LogP contribution in [-0.4, -0.2) is 38.2 Å². The Hall–Kier alpha value is -1.53. The van der Waals surface area contributed by atoms with Crippen LogP contribution in [0, 0.1) is 6.92 Å². The predicted octanol–water partition coefficient (Wildman–Crippen LogP) is 1.72. The Kier molecular flexibility index (Phi) is 3.82. The van der Waals surface area contributed by atoms with E-state index in [2.05, 4.69) is 0 Å². The maximum Gasteiger partial charge on any atom is 0.298 e. The van der Waals surface area contributed by atoms with Gasteiger partial charge in [0.15, 0.2) is 0 Å². The van der Waals surface area contributed by atoms with Crippen molar-refractivity contribution >= 4 is 10.1 Å². The molecule has 0 saturated carbocycles. The summed E-state index contributed by atoms with van der Waals surface area (Å²) >= 11 is 0. The molecule has 0 bridgehead atoms. The first-order valence-electron chi connectivity index (χ1n) is 6.03. The second-order valence-corrected chi connectivity index (χ2v) is 6.25. The second kappa shape index (κ2) is 5.22. The molecule has 0 spiro atoms. The van der Waals surface area contributed by atoms with E-state index >= 15 is 0 Å². The van der Waals surface area contributed by atoms with E-state index in [0.717, 1.165) is 5.56 Å². The van der Waals surface area contributed by atoms with E-state index in [1.54, 1.807) is 31.2 Å². The Labute approximate surface area is 114 Å². The Morgan fingerprint density at radius 3 is 2.37 bits per heavy atom. The molecular formula is C13H18N2O3S. The van der Waals surface area contributed by atoms with Gasteiger partial charge in [0.05, 0.1) is 11.6 Å². The molecule has 0 saturated heterocycles. The van der Waals surface area contributed by atoms with E-state index in [9.17, 15) is 8.42 Å². The minimum absolute atomic E-state index is 0.182. The maximum absolute atomic E-state index is 12.1. The molecular weight excluding hydrogens is 264 g/mol. The zero-order valence-electron chi connectivity index (χ0n) is 11.3. The fourth-order valence-electron chi connectivity index (χ4n) is 1.79. The Morgan fingerprint density at radius 1 is 1.21 bits per heavy atom. The van der Waals surface area contributed by atoms with Crippen LogP contribution in [0.3, 0.4) is 0 Å². The van der Waals surface area contributed by atoms with Crippen LogP contribution in [0.1, 0.15) is 12.5 Å². The van der Waals surface area contributed by atoms with Gasteiger partial charge in [-0.1, -0.05) is 17.7 Å². The monoisotopic (exact) mass is 282 g/mol. The van der Waals surface area contributed by atoms with Gasteiger partial charge in [-0.05, 0) is 26.0 Å². The van der Waals surface area contributed by atoms with Crippen LogP contribution >= 0.6 is 0 Å². The Balaban J connectivity index is 2.09. The molecule has 0 aliphatic carbocycles. The minimum Gasteiger partial charge on any atom is -0.362 e. The van der Waals surface area contributed by atoms with Crippen molar-refractivity contribution in [3.63, 3.8) is 0 Å². The van der Waals surface area contributed by atoms with Crippen molar-refractivity contribution in [1.82, 2.24) is 9.80 Å². The number of hydrogen-bond acceptors (Lipinski definition) is 5. The van der Waals surface area contributed by atoms with Gasteiger partial charge in [0.2, 0.25) is 0 Å². The quantitative estimate of drug-likeness (QED) is 0.787. The SMILES string of the molecule is Cc1ccc(S(=O)(=O)OC(C)N2C=CN(C)C2)cc1. The van der Waals surface area contributed by atoms with E-state index in [1.807, 2.05) is 36.2 Å². The molecule has 0 aromatic heterocycles.